The molecule has 2 aliphatic rings. The highest BCUT2D eigenvalue weighted by Gasteiger charge is 2.52. The highest BCUT2D eigenvalue weighted by atomic mass is 16.5. The number of ether oxygens (including phenoxy) is 1. The van der Waals surface area contributed by atoms with E-state index in [1.807, 2.05) is 24.5 Å². The smallest absolute Gasteiger partial charge is 0.140 e. The third-order valence-corrected chi connectivity index (χ3v) is 15.2. The third kappa shape index (κ3) is 5.13. The molecule has 16 rings (SSSR count). The van der Waals surface area contributed by atoms with Gasteiger partial charge < -0.3 is 9.30 Å². The molecule has 8 aromatic carbocycles. The van der Waals surface area contributed by atoms with Crippen LogP contribution in [0.4, 0.5) is 0 Å². The second-order valence-electron chi connectivity index (χ2n) is 18.7. The van der Waals surface area contributed by atoms with E-state index in [1.165, 1.54) is 21.5 Å². The molecule has 6 aromatic heterocycles. The molecule has 1 spiro atoms. The predicted octanol–water partition coefficient (Wildman–Crippen LogP) is 15.3. The Bertz CT molecular complexity index is 4440. The van der Waals surface area contributed by atoms with E-state index >= 15 is 0 Å². The van der Waals surface area contributed by atoms with E-state index in [0.29, 0.717) is 0 Å². The van der Waals surface area contributed by atoms with Crippen molar-refractivity contribution in [2.75, 3.05) is 0 Å². The molecule has 7 nitrogen and oxygen atoms in total. The van der Waals surface area contributed by atoms with Crippen molar-refractivity contribution < 1.29 is 4.74 Å². The van der Waals surface area contributed by atoms with Crippen molar-refractivity contribution in [3.05, 3.63) is 253 Å². The van der Waals surface area contributed by atoms with Crippen molar-refractivity contribution in [3.8, 4) is 51.3 Å². The minimum Gasteiger partial charge on any atom is -0.457 e. The van der Waals surface area contributed by atoms with Gasteiger partial charge in [0.15, 0.2) is 0 Å². The molecule has 1 aliphatic carbocycles. The Hall–Kier alpha value is -9.59. The first-order chi connectivity index (χ1) is 35.2. The molecule has 7 heteroatoms. The fraction of sp³-hybridized carbons (Fsp3) is 0.0156. The molecular formula is C64H38N6O. The lowest BCUT2D eigenvalue weighted by Gasteiger charge is -2.39. The van der Waals surface area contributed by atoms with Crippen molar-refractivity contribution in [2.24, 2.45) is 0 Å². The number of rotatable bonds is 4. The van der Waals surface area contributed by atoms with Crippen LogP contribution in [0, 0.1) is 0 Å². The first-order valence-corrected chi connectivity index (χ1v) is 24.1. The van der Waals surface area contributed by atoms with E-state index < -0.39 is 5.41 Å². The third-order valence-electron chi connectivity index (χ3n) is 15.2. The molecule has 0 radical (unpaired) electrons. The summed E-state index contributed by atoms with van der Waals surface area (Å²) >= 11 is 0. The van der Waals surface area contributed by atoms with Crippen LogP contribution >= 0.6 is 0 Å². The molecule has 0 amide bonds. The summed E-state index contributed by atoms with van der Waals surface area (Å²) in [6.07, 6.45) is 3.75. The molecule has 0 fully saturated rings. The Morgan fingerprint density at radius 2 is 0.761 bits per heavy atom. The normalized spacial score (nSPS) is 13.3. The summed E-state index contributed by atoms with van der Waals surface area (Å²) in [5.41, 5.74) is 15.3. The van der Waals surface area contributed by atoms with Gasteiger partial charge in [0.2, 0.25) is 0 Å². The summed E-state index contributed by atoms with van der Waals surface area (Å²) in [6, 6.07) is 78.3. The molecule has 0 unspecified atom stereocenters. The summed E-state index contributed by atoms with van der Waals surface area (Å²) in [7, 11) is 0. The van der Waals surface area contributed by atoms with Gasteiger partial charge in [-0.15, -0.1) is 0 Å². The van der Waals surface area contributed by atoms with Gasteiger partial charge in [0.05, 0.1) is 49.9 Å². The lowest BCUT2D eigenvalue weighted by Crippen LogP contribution is -2.32. The molecule has 71 heavy (non-hydrogen) atoms. The molecule has 0 bridgehead atoms. The van der Waals surface area contributed by atoms with E-state index in [9.17, 15) is 0 Å². The summed E-state index contributed by atoms with van der Waals surface area (Å²) in [5.74, 6) is 3.33. The molecule has 0 N–H and O–H groups in total. The van der Waals surface area contributed by atoms with E-state index in [1.54, 1.807) is 0 Å². The predicted molar refractivity (Wildman–Crippen MR) is 286 cm³/mol. The summed E-state index contributed by atoms with van der Waals surface area (Å²) in [6.45, 7) is 0. The van der Waals surface area contributed by atoms with Gasteiger partial charge in [0.1, 0.15) is 23.1 Å². The quantitative estimate of drug-likeness (QED) is 0.176. The molecule has 0 saturated heterocycles. The Morgan fingerprint density at radius 3 is 1.31 bits per heavy atom. The summed E-state index contributed by atoms with van der Waals surface area (Å²) in [4.78, 5) is 15.4. The number of benzene rings is 8. The number of nitrogens with zero attached hydrogens (tertiary/aromatic N) is 6. The molecule has 1 aliphatic heterocycles. The number of pyridine rings is 3. The van der Waals surface area contributed by atoms with Crippen LogP contribution in [-0.4, -0.2) is 28.7 Å². The maximum Gasteiger partial charge on any atom is 0.140 e. The second-order valence-corrected chi connectivity index (χ2v) is 18.7. The minimum atomic E-state index is -0.716. The maximum atomic E-state index is 7.27. The molecule has 330 valence electrons. The van der Waals surface area contributed by atoms with Crippen molar-refractivity contribution >= 4 is 65.4 Å². The molecule has 0 atom stereocenters. The van der Waals surface area contributed by atoms with Gasteiger partial charge >= 0.3 is 0 Å². The van der Waals surface area contributed by atoms with E-state index in [4.69, 9.17) is 19.7 Å². The van der Waals surface area contributed by atoms with Crippen LogP contribution in [0.2, 0.25) is 0 Å². The monoisotopic (exact) mass is 906 g/mol. The van der Waals surface area contributed by atoms with Crippen molar-refractivity contribution in [1.82, 2.24) is 28.7 Å². The number of hydrogen-bond donors (Lipinski definition) is 0. The zero-order valence-corrected chi connectivity index (χ0v) is 38.0. The van der Waals surface area contributed by atoms with Gasteiger partial charge in [-0.1, -0.05) is 133 Å². The Labute approximate surface area is 406 Å². The molecule has 0 saturated carbocycles. The van der Waals surface area contributed by atoms with Crippen LogP contribution in [-0.2, 0) is 5.41 Å². The average molecular weight is 907 g/mol. The Morgan fingerprint density at radius 1 is 0.324 bits per heavy atom. The Balaban J connectivity index is 0.874. The average Bonchev–Trinajstić information content (AvgIpc) is 4.15. The molecular weight excluding hydrogens is 869 g/mol. The van der Waals surface area contributed by atoms with Crippen LogP contribution in [0.5, 0.6) is 11.5 Å². The zero-order valence-electron chi connectivity index (χ0n) is 38.0. The molecule has 7 heterocycles. The van der Waals surface area contributed by atoms with Crippen LogP contribution in [0.25, 0.3) is 105 Å². The van der Waals surface area contributed by atoms with Crippen molar-refractivity contribution in [2.45, 2.75) is 5.41 Å². The lowest BCUT2D eigenvalue weighted by molar-refractivity contribution is 0.436. The maximum absolute atomic E-state index is 7.27. The van der Waals surface area contributed by atoms with Gasteiger partial charge in [-0.05, 0) is 101 Å². The minimum absolute atomic E-state index is 0.716. The fourth-order valence-electron chi connectivity index (χ4n) is 12.4. The van der Waals surface area contributed by atoms with Gasteiger partial charge in [-0.2, -0.15) is 0 Å². The van der Waals surface area contributed by atoms with Crippen LogP contribution in [0.1, 0.15) is 22.3 Å². The first kappa shape index (κ1) is 38.4. The number of para-hydroxylation sites is 5. The SMILES string of the molecule is c1cc(-n2c3ccccc3c3ccccc32)nc(-n2c3ccccc3c3cc(-c4ccc5c(c4)Oc4cc(-n6c7ccccc7c7ccccc76)ccc4C54c5cccnc5-c5ncccc54)ccc32)c1. The van der Waals surface area contributed by atoms with Gasteiger partial charge in [0.25, 0.3) is 0 Å². The topological polar surface area (TPSA) is 62.7 Å². The fourth-order valence-corrected chi connectivity index (χ4v) is 12.4. The second kappa shape index (κ2) is 14.2. The first-order valence-electron chi connectivity index (χ1n) is 24.1. The van der Waals surface area contributed by atoms with Crippen LogP contribution < -0.4 is 4.74 Å². The highest BCUT2D eigenvalue weighted by Crippen LogP contribution is 2.62. The van der Waals surface area contributed by atoms with Crippen molar-refractivity contribution in [3.63, 3.8) is 0 Å². The van der Waals surface area contributed by atoms with Gasteiger partial charge in [0, 0.05) is 67.6 Å². The Kier molecular flexibility index (Phi) is 7.69. The van der Waals surface area contributed by atoms with Crippen LogP contribution in [0.3, 0.4) is 0 Å². The zero-order chi connectivity index (χ0) is 46.4. The van der Waals surface area contributed by atoms with E-state index in [0.717, 1.165) is 117 Å². The lowest BCUT2D eigenvalue weighted by atomic mass is 9.66. The standard InChI is InChI=1S/C64H38N6O/c1-6-21-52-42(14-1)43-15-2-7-22-53(43)68(52)41-30-32-49-59(38-41)71-58-37-40(28-31-48(58)64(49)50-19-12-34-65-62(50)63-51(64)20-13-35-66-63)39-29-33-57-47(36-39)46-18-5-10-25-56(46)70(57)61-27-11-26-60(67-61)69-54-23-8-3-16-44(54)45-17-4-9-24-55(45)69/h1-38H. The van der Waals surface area contributed by atoms with Crippen LogP contribution in [0.15, 0.2) is 231 Å². The highest BCUT2D eigenvalue weighted by molar-refractivity contribution is 6.12. The van der Waals surface area contributed by atoms with Gasteiger partial charge in [-0.3, -0.25) is 19.1 Å². The number of aromatic nitrogens is 6. The van der Waals surface area contributed by atoms with Gasteiger partial charge in [-0.25, -0.2) is 4.98 Å². The largest absolute Gasteiger partial charge is 0.457 e. The molecule has 14 aromatic rings. The summed E-state index contributed by atoms with van der Waals surface area (Å²) in [5, 5.41) is 7.16. The number of fused-ring (bicyclic) bond motifs is 18. The van der Waals surface area contributed by atoms with E-state index in [2.05, 4.69) is 220 Å². The van der Waals surface area contributed by atoms with Crippen molar-refractivity contribution in [1.29, 1.82) is 0 Å². The summed E-state index contributed by atoms with van der Waals surface area (Å²) < 4.78 is 14.2. The number of hydrogen-bond acceptors (Lipinski definition) is 4. The van der Waals surface area contributed by atoms with E-state index in [-0.39, 0.29) is 0 Å².